The number of carbonyl (C=O) groups excluding carboxylic acids is 1. The first-order chi connectivity index (χ1) is 10.1. The van der Waals surface area contributed by atoms with Crippen molar-refractivity contribution < 1.29 is 4.79 Å². The van der Waals surface area contributed by atoms with Crippen LogP contribution in [0, 0.1) is 5.92 Å². The van der Waals surface area contributed by atoms with Crippen molar-refractivity contribution in [1.82, 2.24) is 14.7 Å². The van der Waals surface area contributed by atoms with E-state index in [-0.39, 0.29) is 11.8 Å². The van der Waals surface area contributed by atoms with Gasteiger partial charge in [-0.15, -0.1) is 0 Å². The Morgan fingerprint density at radius 3 is 2.57 bits per heavy atom. The molecule has 0 saturated carbocycles. The summed E-state index contributed by atoms with van der Waals surface area (Å²) in [6, 6.07) is 10.6. The lowest BCUT2D eigenvalue weighted by Crippen LogP contribution is -2.40. The maximum atomic E-state index is 12.3. The fourth-order valence-corrected chi connectivity index (χ4v) is 2.90. The second-order valence-electron chi connectivity index (χ2n) is 6.23. The van der Waals surface area contributed by atoms with Crippen LogP contribution in [0.2, 0.25) is 0 Å². The third-order valence-corrected chi connectivity index (χ3v) is 4.16. The van der Waals surface area contributed by atoms with Crippen molar-refractivity contribution in [3.63, 3.8) is 0 Å². The van der Waals surface area contributed by atoms with Crippen molar-refractivity contribution in [2.45, 2.75) is 6.42 Å². The van der Waals surface area contributed by atoms with Crippen molar-refractivity contribution in [3.05, 3.63) is 35.9 Å². The van der Waals surface area contributed by atoms with Crippen molar-refractivity contribution >= 4 is 5.91 Å². The number of nitrogens with zero attached hydrogens (tertiary/aromatic N) is 3. The highest BCUT2D eigenvalue weighted by atomic mass is 16.2. The normalized spacial score (nSPS) is 21.0. The van der Waals surface area contributed by atoms with Gasteiger partial charge in [0.15, 0.2) is 0 Å². The molecule has 1 heterocycles. The van der Waals surface area contributed by atoms with Crippen LogP contribution in [0.3, 0.4) is 0 Å². The Morgan fingerprint density at radius 1 is 1.19 bits per heavy atom. The zero-order chi connectivity index (χ0) is 15.2. The van der Waals surface area contributed by atoms with Gasteiger partial charge in [-0.25, -0.2) is 0 Å². The van der Waals surface area contributed by atoms with E-state index in [9.17, 15) is 4.79 Å². The minimum atomic E-state index is 0.0864. The average molecular weight is 289 g/mol. The molecule has 116 valence electrons. The van der Waals surface area contributed by atoms with Gasteiger partial charge in [0.05, 0.1) is 5.92 Å². The highest BCUT2D eigenvalue weighted by Crippen LogP contribution is 2.12. The molecule has 21 heavy (non-hydrogen) atoms. The Kier molecular flexibility index (Phi) is 5.76. The predicted molar refractivity (Wildman–Crippen MR) is 86.3 cm³/mol. The van der Waals surface area contributed by atoms with Crippen LogP contribution < -0.4 is 0 Å². The predicted octanol–water partition coefficient (Wildman–Crippen LogP) is 1.18. The number of hydrogen-bond acceptors (Lipinski definition) is 3. The van der Waals surface area contributed by atoms with Gasteiger partial charge in [-0.05, 0) is 19.0 Å². The van der Waals surface area contributed by atoms with E-state index in [2.05, 4.69) is 47.2 Å². The van der Waals surface area contributed by atoms with Crippen molar-refractivity contribution in [2.24, 2.45) is 5.92 Å². The minimum absolute atomic E-state index is 0.0864. The summed E-state index contributed by atoms with van der Waals surface area (Å²) in [6.45, 7) is 4.83. The van der Waals surface area contributed by atoms with Gasteiger partial charge < -0.3 is 14.7 Å². The number of hydrogen-bond donors (Lipinski definition) is 0. The van der Waals surface area contributed by atoms with Crippen molar-refractivity contribution in [2.75, 3.05) is 53.9 Å². The van der Waals surface area contributed by atoms with E-state index in [4.69, 9.17) is 0 Å². The molecule has 0 aromatic heterocycles. The lowest BCUT2D eigenvalue weighted by molar-refractivity contribution is -0.133. The summed E-state index contributed by atoms with van der Waals surface area (Å²) in [5.41, 5.74) is 1.37. The van der Waals surface area contributed by atoms with E-state index in [1.54, 1.807) is 4.90 Å². The monoisotopic (exact) mass is 289 g/mol. The molecule has 4 nitrogen and oxygen atoms in total. The van der Waals surface area contributed by atoms with Crippen LogP contribution in [0.15, 0.2) is 30.3 Å². The molecular weight excluding hydrogens is 262 g/mol. The summed E-state index contributed by atoms with van der Waals surface area (Å²) in [5, 5.41) is 0. The van der Waals surface area contributed by atoms with Gasteiger partial charge in [-0.3, -0.25) is 4.79 Å². The van der Waals surface area contributed by atoms with Gasteiger partial charge in [0, 0.05) is 46.8 Å². The molecule has 0 N–H and O–H groups in total. The first kappa shape index (κ1) is 16.0. The third-order valence-electron chi connectivity index (χ3n) is 4.16. The molecule has 1 aromatic carbocycles. The molecule has 1 aliphatic rings. The SMILES string of the molecule is CN1CCN(CCc2ccccc2)CC(C(=O)N(C)C)C1. The van der Waals surface area contributed by atoms with E-state index < -0.39 is 0 Å². The zero-order valence-electron chi connectivity index (χ0n) is 13.5. The molecule has 1 aromatic rings. The first-order valence-electron chi connectivity index (χ1n) is 7.72. The summed E-state index contributed by atoms with van der Waals surface area (Å²) in [5.74, 6) is 0.330. The van der Waals surface area contributed by atoms with E-state index in [0.29, 0.717) is 0 Å². The molecular formula is C17H27N3O. The zero-order valence-corrected chi connectivity index (χ0v) is 13.5. The molecule has 4 heteroatoms. The highest BCUT2D eigenvalue weighted by molar-refractivity contribution is 5.78. The number of amides is 1. The van der Waals surface area contributed by atoms with Crippen LogP contribution in [0.25, 0.3) is 0 Å². The van der Waals surface area contributed by atoms with E-state index in [1.807, 2.05) is 14.1 Å². The lowest BCUT2D eigenvalue weighted by atomic mass is 10.1. The van der Waals surface area contributed by atoms with Crippen LogP contribution >= 0.6 is 0 Å². The Labute approximate surface area is 128 Å². The fourth-order valence-electron chi connectivity index (χ4n) is 2.90. The highest BCUT2D eigenvalue weighted by Gasteiger charge is 2.27. The standard InChI is InChI=1S/C17H27N3O/c1-18(2)17(21)16-13-19(3)11-12-20(14-16)10-9-15-7-5-4-6-8-15/h4-8,16H,9-14H2,1-3H3. The molecule has 1 unspecified atom stereocenters. The molecule has 0 spiro atoms. The molecule has 2 rings (SSSR count). The Bertz CT molecular complexity index is 447. The first-order valence-corrected chi connectivity index (χ1v) is 7.72. The number of likely N-dealkylation sites (N-methyl/N-ethyl adjacent to an activating group) is 1. The number of benzene rings is 1. The maximum absolute atomic E-state index is 12.3. The molecule has 0 bridgehead atoms. The van der Waals surface area contributed by atoms with Gasteiger partial charge in [0.25, 0.3) is 0 Å². The van der Waals surface area contributed by atoms with Gasteiger partial charge >= 0.3 is 0 Å². The van der Waals surface area contributed by atoms with Crippen molar-refractivity contribution in [1.29, 1.82) is 0 Å². The molecule has 1 aliphatic heterocycles. The second kappa shape index (κ2) is 7.57. The summed E-state index contributed by atoms with van der Waals surface area (Å²) in [6.07, 6.45) is 1.05. The Balaban J connectivity index is 1.94. The average Bonchev–Trinajstić information content (AvgIpc) is 2.67. The summed E-state index contributed by atoms with van der Waals surface area (Å²) in [4.78, 5) is 18.7. The summed E-state index contributed by atoms with van der Waals surface area (Å²) in [7, 11) is 5.81. The fraction of sp³-hybridized carbons (Fsp3) is 0.588. The summed E-state index contributed by atoms with van der Waals surface area (Å²) >= 11 is 0. The van der Waals surface area contributed by atoms with E-state index in [1.165, 1.54) is 5.56 Å². The van der Waals surface area contributed by atoms with Crippen LogP contribution in [-0.4, -0.2) is 74.5 Å². The number of carbonyl (C=O) groups is 1. The largest absolute Gasteiger partial charge is 0.348 e. The Hall–Kier alpha value is -1.39. The maximum Gasteiger partial charge on any atom is 0.227 e. The minimum Gasteiger partial charge on any atom is -0.348 e. The quantitative estimate of drug-likeness (QED) is 0.833. The summed E-state index contributed by atoms with van der Waals surface area (Å²) < 4.78 is 0. The van der Waals surface area contributed by atoms with Crippen LogP contribution in [0.4, 0.5) is 0 Å². The molecule has 1 atom stereocenters. The third kappa shape index (κ3) is 4.83. The topological polar surface area (TPSA) is 26.8 Å². The molecule has 1 saturated heterocycles. The molecule has 0 aliphatic carbocycles. The van der Waals surface area contributed by atoms with E-state index >= 15 is 0 Å². The van der Waals surface area contributed by atoms with Crippen molar-refractivity contribution in [3.8, 4) is 0 Å². The van der Waals surface area contributed by atoms with Crippen LogP contribution in [0.5, 0.6) is 0 Å². The van der Waals surface area contributed by atoms with Crippen LogP contribution in [0.1, 0.15) is 5.56 Å². The van der Waals surface area contributed by atoms with E-state index in [0.717, 1.165) is 39.1 Å². The molecule has 0 radical (unpaired) electrons. The van der Waals surface area contributed by atoms with Gasteiger partial charge in [0.1, 0.15) is 0 Å². The Morgan fingerprint density at radius 2 is 1.90 bits per heavy atom. The second-order valence-corrected chi connectivity index (χ2v) is 6.23. The number of rotatable bonds is 4. The lowest BCUT2D eigenvalue weighted by Gasteiger charge is -2.25. The van der Waals surface area contributed by atoms with Gasteiger partial charge in [-0.1, -0.05) is 30.3 Å². The van der Waals surface area contributed by atoms with Gasteiger partial charge in [0.2, 0.25) is 5.91 Å². The smallest absolute Gasteiger partial charge is 0.227 e. The molecule has 1 amide bonds. The molecule has 1 fully saturated rings. The van der Waals surface area contributed by atoms with Gasteiger partial charge in [-0.2, -0.15) is 0 Å². The van der Waals surface area contributed by atoms with Crippen LogP contribution in [-0.2, 0) is 11.2 Å².